The van der Waals surface area contributed by atoms with E-state index in [0.29, 0.717) is 23.2 Å². The van der Waals surface area contributed by atoms with Crippen molar-refractivity contribution in [2.45, 2.75) is 20.8 Å². The summed E-state index contributed by atoms with van der Waals surface area (Å²) < 4.78 is 4.99. The summed E-state index contributed by atoms with van der Waals surface area (Å²) in [6.07, 6.45) is 0. The van der Waals surface area contributed by atoms with Gasteiger partial charge in [-0.25, -0.2) is 9.97 Å². The first-order valence-electron chi connectivity index (χ1n) is 7.44. The second-order valence-corrected chi connectivity index (χ2v) is 5.44. The number of hydrogen-bond acceptors (Lipinski definition) is 6. The maximum absolute atomic E-state index is 12.5. The maximum atomic E-state index is 12.5. The Morgan fingerprint density at radius 2 is 1.88 bits per heavy atom. The number of nitrogens with one attached hydrogen (secondary N) is 2. The molecule has 0 saturated heterocycles. The van der Waals surface area contributed by atoms with Gasteiger partial charge in [0.25, 0.3) is 5.91 Å². The number of aryl methyl sites for hydroxylation is 3. The quantitative estimate of drug-likeness (QED) is 0.764. The van der Waals surface area contributed by atoms with Gasteiger partial charge in [0.2, 0.25) is 5.95 Å². The van der Waals surface area contributed by atoms with Gasteiger partial charge in [0.05, 0.1) is 0 Å². The van der Waals surface area contributed by atoms with Gasteiger partial charge in [-0.3, -0.25) is 4.79 Å². The highest BCUT2D eigenvalue weighted by molar-refractivity contribution is 6.03. The van der Waals surface area contributed by atoms with Crippen LogP contribution in [0.1, 0.15) is 27.5 Å². The predicted molar refractivity (Wildman–Crippen MR) is 90.4 cm³/mol. The fourth-order valence-electron chi connectivity index (χ4n) is 2.18. The average Bonchev–Trinajstić information content (AvgIpc) is 2.94. The number of benzene rings is 1. The molecule has 0 fully saturated rings. The van der Waals surface area contributed by atoms with Gasteiger partial charge < -0.3 is 15.2 Å². The van der Waals surface area contributed by atoms with E-state index < -0.39 is 0 Å². The van der Waals surface area contributed by atoms with Crippen molar-refractivity contribution in [2.24, 2.45) is 0 Å². The fraction of sp³-hybridized carbons (Fsp3) is 0.176. The zero-order chi connectivity index (χ0) is 17.1. The molecule has 2 aromatic heterocycles. The molecule has 0 aliphatic rings. The number of rotatable bonds is 4. The first kappa shape index (κ1) is 15.7. The molecule has 3 aromatic rings. The Labute approximate surface area is 139 Å². The molecule has 0 unspecified atom stereocenters. The van der Waals surface area contributed by atoms with Crippen molar-refractivity contribution in [3.8, 4) is 0 Å². The van der Waals surface area contributed by atoms with Crippen LogP contribution in [0.5, 0.6) is 0 Å². The zero-order valence-corrected chi connectivity index (χ0v) is 13.6. The number of carbonyl (C=O) groups excluding carboxylic acids is 1. The molecular formula is C17H17N5O2. The van der Waals surface area contributed by atoms with Gasteiger partial charge >= 0.3 is 0 Å². The van der Waals surface area contributed by atoms with Crippen LogP contribution in [0.25, 0.3) is 0 Å². The van der Waals surface area contributed by atoms with E-state index in [9.17, 15) is 4.79 Å². The van der Waals surface area contributed by atoms with Crippen molar-refractivity contribution in [1.82, 2.24) is 15.1 Å². The van der Waals surface area contributed by atoms with E-state index in [0.717, 1.165) is 11.3 Å². The van der Waals surface area contributed by atoms with Crippen LogP contribution >= 0.6 is 0 Å². The van der Waals surface area contributed by atoms with E-state index in [1.165, 1.54) is 0 Å². The molecule has 2 heterocycles. The van der Waals surface area contributed by atoms with Gasteiger partial charge in [0, 0.05) is 17.4 Å². The number of hydrogen-bond donors (Lipinski definition) is 2. The summed E-state index contributed by atoms with van der Waals surface area (Å²) in [7, 11) is 0. The summed E-state index contributed by atoms with van der Waals surface area (Å²) in [6, 6.07) is 10.9. The van der Waals surface area contributed by atoms with Crippen molar-refractivity contribution in [3.63, 3.8) is 0 Å². The van der Waals surface area contributed by atoms with Crippen LogP contribution in [0, 0.1) is 20.8 Å². The van der Waals surface area contributed by atoms with Crippen LogP contribution in [0.15, 0.2) is 40.9 Å². The molecule has 0 spiro atoms. The molecule has 1 amide bonds. The molecule has 122 valence electrons. The Hall–Kier alpha value is -3.22. The standard InChI is InChI=1S/C17H17N5O2/c1-10-6-4-5-7-13(10)19-16(23)14-8-11(2)18-17(20-14)21-15-9-12(3)24-22-15/h4-9H,1-3H3,(H,19,23)(H,18,20,21,22). The van der Waals surface area contributed by atoms with Gasteiger partial charge in [0.15, 0.2) is 5.82 Å². The number of para-hydroxylation sites is 1. The van der Waals surface area contributed by atoms with Gasteiger partial charge in [0.1, 0.15) is 11.5 Å². The monoisotopic (exact) mass is 323 g/mol. The molecule has 1 aromatic carbocycles. The van der Waals surface area contributed by atoms with Crippen LogP contribution < -0.4 is 10.6 Å². The molecule has 7 heteroatoms. The van der Waals surface area contributed by atoms with Crippen LogP contribution in [-0.2, 0) is 0 Å². The molecular weight excluding hydrogens is 306 g/mol. The summed E-state index contributed by atoms with van der Waals surface area (Å²) in [5, 5.41) is 9.61. The van der Waals surface area contributed by atoms with Gasteiger partial charge in [-0.2, -0.15) is 0 Å². The minimum absolute atomic E-state index is 0.272. The van der Waals surface area contributed by atoms with Crippen molar-refractivity contribution in [2.75, 3.05) is 10.6 Å². The summed E-state index contributed by atoms with van der Waals surface area (Å²) >= 11 is 0. The second-order valence-electron chi connectivity index (χ2n) is 5.44. The van der Waals surface area contributed by atoms with Crippen molar-refractivity contribution in [3.05, 3.63) is 59.1 Å². The zero-order valence-electron chi connectivity index (χ0n) is 13.6. The molecule has 3 rings (SSSR count). The summed E-state index contributed by atoms with van der Waals surface area (Å²) in [4.78, 5) is 21.0. The average molecular weight is 323 g/mol. The Morgan fingerprint density at radius 1 is 1.08 bits per heavy atom. The predicted octanol–water partition coefficient (Wildman–Crippen LogP) is 3.39. The van der Waals surface area contributed by atoms with Gasteiger partial charge in [-0.15, -0.1) is 0 Å². The molecule has 0 saturated carbocycles. The highest BCUT2D eigenvalue weighted by Gasteiger charge is 2.13. The summed E-state index contributed by atoms with van der Waals surface area (Å²) in [5.41, 5.74) is 2.67. The first-order chi connectivity index (χ1) is 11.5. The Kier molecular flexibility index (Phi) is 4.24. The minimum Gasteiger partial charge on any atom is -0.360 e. The van der Waals surface area contributed by atoms with Crippen molar-refractivity contribution in [1.29, 1.82) is 0 Å². The fourth-order valence-corrected chi connectivity index (χ4v) is 2.18. The Balaban J connectivity index is 1.82. The Morgan fingerprint density at radius 3 is 2.58 bits per heavy atom. The highest BCUT2D eigenvalue weighted by Crippen LogP contribution is 2.16. The van der Waals surface area contributed by atoms with Crippen molar-refractivity contribution < 1.29 is 9.32 Å². The molecule has 0 aliphatic carbocycles. The largest absolute Gasteiger partial charge is 0.360 e. The number of nitrogens with zero attached hydrogens (tertiary/aromatic N) is 3. The van der Waals surface area contributed by atoms with E-state index in [1.54, 1.807) is 26.0 Å². The molecule has 7 nitrogen and oxygen atoms in total. The normalized spacial score (nSPS) is 10.5. The van der Waals surface area contributed by atoms with Crippen LogP contribution in [0.2, 0.25) is 0 Å². The number of anilines is 3. The summed E-state index contributed by atoms with van der Waals surface area (Å²) in [6.45, 7) is 5.52. The minimum atomic E-state index is -0.297. The van der Waals surface area contributed by atoms with Crippen LogP contribution in [0.4, 0.5) is 17.5 Å². The highest BCUT2D eigenvalue weighted by atomic mass is 16.5. The molecule has 0 atom stereocenters. The molecule has 0 radical (unpaired) electrons. The molecule has 2 N–H and O–H groups in total. The number of amides is 1. The number of aromatic nitrogens is 3. The number of carbonyl (C=O) groups is 1. The summed E-state index contributed by atoms with van der Waals surface area (Å²) in [5.74, 6) is 1.15. The maximum Gasteiger partial charge on any atom is 0.274 e. The smallest absolute Gasteiger partial charge is 0.274 e. The lowest BCUT2D eigenvalue weighted by molar-refractivity contribution is 0.102. The molecule has 24 heavy (non-hydrogen) atoms. The van der Waals surface area contributed by atoms with Gasteiger partial charge in [-0.1, -0.05) is 23.4 Å². The third-order valence-electron chi connectivity index (χ3n) is 3.35. The van der Waals surface area contributed by atoms with Crippen LogP contribution in [0.3, 0.4) is 0 Å². The van der Waals surface area contributed by atoms with E-state index in [-0.39, 0.29) is 11.6 Å². The second kappa shape index (κ2) is 6.49. The van der Waals surface area contributed by atoms with E-state index in [4.69, 9.17) is 4.52 Å². The molecule has 0 aliphatic heterocycles. The lowest BCUT2D eigenvalue weighted by atomic mass is 10.2. The van der Waals surface area contributed by atoms with E-state index in [1.807, 2.05) is 31.2 Å². The third-order valence-corrected chi connectivity index (χ3v) is 3.35. The van der Waals surface area contributed by atoms with Crippen LogP contribution in [-0.4, -0.2) is 21.0 Å². The van der Waals surface area contributed by atoms with Crippen molar-refractivity contribution >= 4 is 23.4 Å². The molecule has 0 bridgehead atoms. The SMILES string of the molecule is Cc1cc(C(=O)Nc2ccccc2C)nc(Nc2cc(C)on2)n1. The first-order valence-corrected chi connectivity index (χ1v) is 7.44. The topological polar surface area (TPSA) is 92.9 Å². The lowest BCUT2D eigenvalue weighted by Crippen LogP contribution is -2.16. The lowest BCUT2D eigenvalue weighted by Gasteiger charge is -2.09. The Bertz CT molecular complexity index is 888. The van der Waals surface area contributed by atoms with E-state index in [2.05, 4.69) is 25.8 Å². The van der Waals surface area contributed by atoms with E-state index >= 15 is 0 Å². The third kappa shape index (κ3) is 3.57. The van der Waals surface area contributed by atoms with Gasteiger partial charge in [-0.05, 0) is 38.5 Å².